The molecule has 2 saturated heterocycles. The van der Waals surface area contributed by atoms with Crippen molar-refractivity contribution in [2.24, 2.45) is 5.92 Å². The van der Waals surface area contributed by atoms with Gasteiger partial charge in [-0.3, -0.25) is 9.59 Å². The van der Waals surface area contributed by atoms with Gasteiger partial charge in [0.05, 0.1) is 0 Å². The van der Waals surface area contributed by atoms with Crippen molar-refractivity contribution in [2.45, 2.75) is 44.5 Å². The van der Waals surface area contributed by atoms with Gasteiger partial charge in [-0.2, -0.15) is 23.5 Å². The second-order valence-corrected chi connectivity index (χ2v) is 8.16. The van der Waals surface area contributed by atoms with Crippen molar-refractivity contribution in [2.75, 3.05) is 23.8 Å². The van der Waals surface area contributed by atoms with E-state index in [4.69, 9.17) is 0 Å². The Morgan fingerprint density at radius 2 is 2.15 bits per heavy atom. The van der Waals surface area contributed by atoms with Crippen molar-refractivity contribution in [3.05, 3.63) is 0 Å². The molecule has 0 bridgehead atoms. The molecule has 0 saturated carbocycles. The van der Waals surface area contributed by atoms with Crippen molar-refractivity contribution in [3.8, 4) is 0 Å². The molecular formula is C14H24N2O2S2. The predicted octanol–water partition coefficient (Wildman–Crippen LogP) is 1.60. The number of hydrogen-bond donors (Lipinski definition) is 1. The summed E-state index contributed by atoms with van der Waals surface area (Å²) in [5.74, 6) is 3.70. The summed E-state index contributed by atoms with van der Waals surface area (Å²) in [5, 5.41) is 3.35. The molecule has 2 rings (SSSR count). The zero-order chi connectivity index (χ0) is 14.7. The summed E-state index contributed by atoms with van der Waals surface area (Å²) in [6.07, 6.45) is 0.896. The van der Waals surface area contributed by atoms with Crippen LogP contribution in [0.2, 0.25) is 0 Å². The molecule has 114 valence electrons. The monoisotopic (exact) mass is 316 g/mol. The molecule has 0 aromatic rings. The van der Waals surface area contributed by atoms with Crippen molar-refractivity contribution < 1.29 is 9.59 Å². The number of rotatable bonds is 4. The van der Waals surface area contributed by atoms with Gasteiger partial charge >= 0.3 is 0 Å². The Kier molecular flexibility index (Phi) is 5.66. The highest BCUT2D eigenvalue weighted by atomic mass is 32.2. The molecule has 0 spiro atoms. The Hall–Kier alpha value is -0.360. The van der Waals surface area contributed by atoms with Crippen LogP contribution in [0.4, 0.5) is 0 Å². The molecule has 2 aliphatic rings. The molecule has 0 aromatic carbocycles. The highest BCUT2D eigenvalue weighted by Crippen LogP contribution is 2.27. The lowest BCUT2D eigenvalue weighted by molar-refractivity contribution is -0.150. The lowest BCUT2D eigenvalue weighted by Crippen LogP contribution is -2.65. The molecule has 0 radical (unpaired) electrons. The van der Waals surface area contributed by atoms with Crippen molar-refractivity contribution in [3.63, 3.8) is 0 Å². The minimum absolute atomic E-state index is 0.0108. The Morgan fingerprint density at radius 1 is 1.40 bits per heavy atom. The van der Waals surface area contributed by atoms with Crippen LogP contribution in [-0.2, 0) is 9.59 Å². The molecule has 1 N–H and O–H groups in total. The number of nitrogens with zero attached hydrogens (tertiary/aromatic N) is 1. The average Bonchev–Trinajstić information content (AvgIpc) is 2.47. The lowest BCUT2D eigenvalue weighted by atomic mass is 9.94. The average molecular weight is 316 g/mol. The van der Waals surface area contributed by atoms with E-state index in [9.17, 15) is 9.59 Å². The zero-order valence-corrected chi connectivity index (χ0v) is 14.1. The first kappa shape index (κ1) is 16.0. The summed E-state index contributed by atoms with van der Waals surface area (Å²) in [7, 11) is 0. The third-order valence-electron chi connectivity index (χ3n) is 4.19. The van der Waals surface area contributed by atoms with E-state index in [-0.39, 0.29) is 29.8 Å². The molecule has 20 heavy (non-hydrogen) atoms. The van der Waals surface area contributed by atoms with Crippen LogP contribution in [-0.4, -0.2) is 57.9 Å². The number of hydrogen-bond acceptors (Lipinski definition) is 4. The molecule has 4 unspecified atom stereocenters. The zero-order valence-electron chi connectivity index (χ0n) is 12.4. The highest BCUT2D eigenvalue weighted by molar-refractivity contribution is 8.06. The van der Waals surface area contributed by atoms with E-state index in [0.717, 1.165) is 17.9 Å². The van der Waals surface area contributed by atoms with E-state index in [0.29, 0.717) is 11.8 Å². The van der Waals surface area contributed by atoms with Gasteiger partial charge in [-0.1, -0.05) is 20.3 Å². The minimum atomic E-state index is -0.343. The Balaban J connectivity index is 2.07. The first-order chi connectivity index (χ1) is 9.54. The van der Waals surface area contributed by atoms with Gasteiger partial charge in [0, 0.05) is 29.1 Å². The Bertz CT molecular complexity index is 372. The molecule has 0 aromatic heterocycles. The van der Waals surface area contributed by atoms with Gasteiger partial charge in [0.1, 0.15) is 12.1 Å². The maximum atomic E-state index is 12.7. The van der Waals surface area contributed by atoms with Gasteiger partial charge in [0.15, 0.2) is 0 Å². The maximum Gasteiger partial charge on any atom is 0.246 e. The second kappa shape index (κ2) is 7.07. The quantitative estimate of drug-likeness (QED) is 0.856. The number of amides is 2. The Morgan fingerprint density at radius 3 is 2.75 bits per heavy atom. The number of thioether (sulfide) groups is 2. The first-order valence-corrected chi connectivity index (χ1v) is 9.55. The fourth-order valence-corrected chi connectivity index (χ4v) is 5.24. The van der Waals surface area contributed by atoms with Crippen LogP contribution in [0.3, 0.4) is 0 Å². The van der Waals surface area contributed by atoms with E-state index >= 15 is 0 Å². The molecular weight excluding hydrogens is 292 g/mol. The third kappa shape index (κ3) is 3.45. The van der Waals surface area contributed by atoms with E-state index in [1.54, 1.807) is 4.90 Å². The lowest BCUT2D eigenvalue weighted by Gasteiger charge is -2.41. The van der Waals surface area contributed by atoms with Crippen LogP contribution in [0.1, 0.15) is 27.2 Å². The number of carbonyl (C=O) groups excluding carboxylic acids is 2. The second-order valence-electron chi connectivity index (χ2n) is 5.61. The van der Waals surface area contributed by atoms with Crippen LogP contribution in [0.5, 0.6) is 0 Å². The van der Waals surface area contributed by atoms with Gasteiger partial charge in [-0.05, 0) is 12.8 Å². The summed E-state index contributed by atoms with van der Waals surface area (Å²) < 4.78 is 0. The third-order valence-corrected chi connectivity index (χ3v) is 7.02. The van der Waals surface area contributed by atoms with E-state index < -0.39 is 0 Å². The molecule has 6 heteroatoms. The highest BCUT2D eigenvalue weighted by Gasteiger charge is 2.40. The summed E-state index contributed by atoms with van der Waals surface area (Å²) >= 11 is 3.88. The molecule has 2 heterocycles. The summed E-state index contributed by atoms with van der Waals surface area (Å²) in [5.41, 5.74) is 0. The summed E-state index contributed by atoms with van der Waals surface area (Å²) in [6, 6.07) is -0.680. The fraction of sp³-hybridized carbons (Fsp3) is 0.857. The summed E-state index contributed by atoms with van der Waals surface area (Å²) in [6.45, 7) is 6.63. The Labute approximate surface area is 129 Å². The van der Waals surface area contributed by atoms with Crippen LogP contribution in [0.15, 0.2) is 0 Å². The SMILES string of the molecule is CCC(C)C1NC(=O)C(C)N(CC2CSCCS2)C1=O. The topological polar surface area (TPSA) is 49.4 Å². The summed E-state index contributed by atoms with van der Waals surface area (Å²) in [4.78, 5) is 26.6. The van der Waals surface area contributed by atoms with Crippen LogP contribution >= 0.6 is 23.5 Å². The smallest absolute Gasteiger partial charge is 0.246 e. The molecule has 2 aliphatic heterocycles. The largest absolute Gasteiger partial charge is 0.342 e. The van der Waals surface area contributed by atoms with Crippen LogP contribution < -0.4 is 5.32 Å². The molecule has 2 fully saturated rings. The maximum absolute atomic E-state index is 12.7. The van der Waals surface area contributed by atoms with E-state index in [1.165, 1.54) is 5.75 Å². The van der Waals surface area contributed by atoms with Gasteiger partial charge in [0.2, 0.25) is 11.8 Å². The van der Waals surface area contributed by atoms with E-state index in [1.807, 2.05) is 37.4 Å². The van der Waals surface area contributed by atoms with Gasteiger partial charge < -0.3 is 10.2 Å². The van der Waals surface area contributed by atoms with Gasteiger partial charge in [0.25, 0.3) is 0 Å². The number of piperazine rings is 1. The van der Waals surface area contributed by atoms with E-state index in [2.05, 4.69) is 12.2 Å². The molecule has 4 nitrogen and oxygen atoms in total. The van der Waals surface area contributed by atoms with Gasteiger partial charge in [-0.25, -0.2) is 0 Å². The van der Waals surface area contributed by atoms with Crippen LogP contribution in [0.25, 0.3) is 0 Å². The normalized spacial score (nSPS) is 33.0. The number of nitrogens with one attached hydrogen (secondary N) is 1. The predicted molar refractivity (Wildman–Crippen MR) is 86.1 cm³/mol. The molecule has 0 aliphatic carbocycles. The standard InChI is InChI=1S/C14H24N2O2S2/c1-4-9(2)12-14(18)16(10(3)13(17)15-12)7-11-8-19-5-6-20-11/h9-12H,4-8H2,1-3H3,(H,15,17). The first-order valence-electron chi connectivity index (χ1n) is 7.34. The van der Waals surface area contributed by atoms with Gasteiger partial charge in [-0.15, -0.1) is 0 Å². The fourth-order valence-electron chi connectivity index (χ4n) is 2.58. The number of carbonyl (C=O) groups is 2. The molecule has 4 atom stereocenters. The van der Waals surface area contributed by atoms with Crippen molar-refractivity contribution in [1.29, 1.82) is 0 Å². The molecule has 2 amide bonds. The van der Waals surface area contributed by atoms with Crippen molar-refractivity contribution >= 4 is 35.3 Å². The minimum Gasteiger partial charge on any atom is -0.342 e. The van der Waals surface area contributed by atoms with Crippen molar-refractivity contribution in [1.82, 2.24) is 10.2 Å². The van der Waals surface area contributed by atoms with Crippen LogP contribution in [0, 0.1) is 5.92 Å².